The van der Waals surface area contributed by atoms with E-state index in [1.807, 2.05) is 0 Å². The van der Waals surface area contributed by atoms with Crippen LogP contribution in [-0.2, 0) is 27.0 Å². The first-order chi connectivity index (χ1) is 13.9. The highest BCUT2D eigenvalue weighted by Crippen LogP contribution is 2.31. The van der Waals surface area contributed by atoms with Crippen molar-refractivity contribution in [2.45, 2.75) is 43.3 Å². The van der Waals surface area contributed by atoms with Gasteiger partial charge in [0.05, 0.1) is 16.4 Å². The highest BCUT2D eigenvalue weighted by atomic mass is 32.2. The summed E-state index contributed by atoms with van der Waals surface area (Å²) in [5, 5.41) is 3.83. The zero-order valence-corrected chi connectivity index (χ0v) is 18.0. The molecule has 1 aromatic heterocycles. The van der Waals surface area contributed by atoms with Gasteiger partial charge in [-0.1, -0.05) is 5.16 Å². The minimum absolute atomic E-state index is 0.00585. The van der Waals surface area contributed by atoms with Crippen LogP contribution >= 0.6 is 11.8 Å². The smallest absolute Gasteiger partial charge is 0.243 e. The average molecular weight is 437 g/mol. The minimum Gasteiger partial charge on any atom is -0.340 e. The molecule has 10 heteroatoms. The lowest BCUT2D eigenvalue weighted by molar-refractivity contribution is -0.116. The summed E-state index contributed by atoms with van der Waals surface area (Å²) in [7, 11) is -3.45. The molecule has 0 bridgehead atoms. The summed E-state index contributed by atoms with van der Waals surface area (Å²) in [6.45, 7) is 3.55. The van der Waals surface area contributed by atoms with Gasteiger partial charge in [0.25, 0.3) is 0 Å². The summed E-state index contributed by atoms with van der Waals surface area (Å²) in [5.74, 6) is 1.91. The number of rotatable bonds is 6. The second-order valence-corrected chi connectivity index (χ2v) is 10.2. The van der Waals surface area contributed by atoms with Crippen LogP contribution in [0.1, 0.15) is 36.5 Å². The molecule has 1 amide bonds. The van der Waals surface area contributed by atoms with Gasteiger partial charge in [0.15, 0.2) is 5.82 Å². The number of carbonyl (C=O) groups is 1. The largest absolute Gasteiger partial charge is 0.340 e. The highest BCUT2D eigenvalue weighted by Gasteiger charge is 2.29. The van der Waals surface area contributed by atoms with Crippen LogP contribution in [-0.4, -0.2) is 54.2 Å². The van der Waals surface area contributed by atoms with Crippen molar-refractivity contribution < 1.29 is 17.7 Å². The third-order valence-electron chi connectivity index (χ3n) is 5.20. The molecule has 2 aliphatic heterocycles. The molecule has 0 saturated carbocycles. The second-order valence-electron chi connectivity index (χ2n) is 7.27. The van der Waals surface area contributed by atoms with Crippen LogP contribution in [0.5, 0.6) is 0 Å². The van der Waals surface area contributed by atoms with Crippen molar-refractivity contribution in [1.82, 2.24) is 14.4 Å². The van der Waals surface area contributed by atoms with Gasteiger partial charge in [0.2, 0.25) is 21.8 Å². The number of carbonyl (C=O) groups excluding carboxylic acids is 1. The first-order valence-corrected chi connectivity index (χ1v) is 12.3. The lowest BCUT2D eigenvalue weighted by Gasteiger charge is -2.30. The number of sulfonamides is 1. The molecular formula is C19H24N4O4S2. The van der Waals surface area contributed by atoms with Crippen LogP contribution in [0.15, 0.2) is 27.6 Å². The van der Waals surface area contributed by atoms with Gasteiger partial charge in [-0.3, -0.25) is 4.79 Å². The van der Waals surface area contributed by atoms with Gasteiger partial charge in [-0.05, 0) is 49.4 Å². The van der Waals surface area contributed by atoms with Crippen LogP contribution in [0, 0.1) is 6.92 Å². The molecule has 0 unspecified atom stereocenters. The number of anilines is 1. The Kier molecular flexibility index (Phi) is 5.93. The summed E-state index contributed by atoms with van der Waals surface area (Å²) >= 11 is 1.44. The molecular weight excluding hydrogens is 412 g/mol. The Labute approximate surface area is 174 Å². The number of aryl methyl sites for hydroxylation is 2. The van der Waals surface area contributed by atoms with E-state index >= 15 is 0 Å². The fourth-order valence-corrected chi connectivity index (χ4v) is 6.08. The Balaban J connectivity index is 1.45. The van der Waals surface area contributed by atoms with Gasteiger partial charge in [-0.15, -0.1) is 11.8 Å². The molecule has 0 aliphatic carbocycles. The molecule has 1 fully saturated rings. The standard InChI is InChI=1S/C19H24N4O4S2/c1-14-20-18(21-27-14)12-28-13-19(24)23-10-4-5-15-11-16(6-7-17(15)23)29(25,26)22-8-2-3-9-22/h6-7,11H,2-5,8-10,12-13H2,1H3. The third-order valence-corrected chi connectivity index (χ3v) is 8.01. The Morgan fingerprint density at radius 1 is 1.21 bits per heavy atom. The number of amides is 1. The van der Waals surface area contributed by atoms with Crippen molar-refractivity contribution in [3.8, 4) is 0 Å². The maximum Gasteiger partial charge on any atom is 0.243 e. The number of thioether (sulfide) groups is 1. The Hall–Kier alpha value is -1.91. The number of nitrogens with zero attached hydrogens (tertiary/aromatic N) is 4. The Bertz CT molecular complexity index is 999. The molecule has 1 aromatic carbocycles. The molecule has 8 nitrogen and oxygen atoms in total. The summed E-state index contributed by atoms with van der Waals surface area (Å²) in [6, 6.07) is 5.16. The molecule has 0 atom stereocenters. The molecule has 4 rings (SSSR count). The molecule has 2 aromatic rings. The normalized spacial score (nSPS) is 17.5. The number of benzene rings is 1. The van der Waals surface area contributed by atoms with Gasteiger partial charge in [-0.2, -0.15) is 9.29 Å². The summed E-state index contributed by atoms with van der Waals surface area (Å²) in [5.41, 5.74) is 1.74. The zero-order valence-electron chi connectivity index (χ0n) is 16.3. The predicted molar refractivity (Wildman–Crippen MR) is 110 cm³/mol. The molecule has 1 saturated heterocycles. The molecule has 0 N–H and O–H groups in total. The molecule has 0 spiro atoms. The van der Waals surface area contributed by atoms with Crippen molar-refractivity contribution in [2.24, 2.45) is 0 Å². The van der Waals surface area contributed by atoms with E-state index in [-0.39, 0.29) is 5.91 Å². The van der Waals surface area contributed by atoms with Crippen molar-refractivity contribution in [2.75, 3.05) is 30.3 Å². The van der Waals surface area contributed by atoms with Gasteiger partial charge in [0, 0.05) is 32.2 Å². The predicted octanol–water partition coefficient (Wildman–Crippen LogP) is 2.38. The first-order valence-electron chi connectivity index (χ1n) is 9.75. The van der Waals surface area contributed by atoms with Crippen molar-refractivity contribution in [1.29, 1.82) is 0 Å². The fourth-order valence-electron chi connectivity index (χ4n) is 3.78. The van der Waals surface area contributed by atoms with E-state index in [1.165, 1.54) is 11.8 Å². The lowest BCUT2D eigenvalue weighted by Crippen LogP contribution is -2.37. The maximum atomic E-state index is 12.8. The Morgan fingerprint density at radius 2 is 2.00 bits per heavy atom. The van der Waals surface area contributed by atoms with Gasteiger partial charge in [0.1, 0.15) is 0 Å². The molecule has 2 aliphatic rings. The highest BCUT2D eigenvalue weighted by molar-refractivity contribution is 7.99. The molecule has 156 valence electrons. The Morgan fingerprint density at radius 3 is 2.72 bits per heavy atom. The number of hydrogen-bond acceptors (Lipinski definition) is 7. The maximum absolute atomic E-state index is 12.8. The van der Waals surface area contributed by atoms with E-state index < -0.39 is 10.0 Å². The van der Waals surface area contributed by atoms with Gasteiger partial charge in [-0.25, -0.2) is 8.42 Å². The number of hydrogen-bond donors (Lipinski definition) is 0. The van der Waals surface area contributed by atoms with Crippen LogP contribution < -0.4 is 4.90 Å². The van der Waals surface area contributed by atoms with E-state index in [4.69, 9.17) is 4.52 Å². The molecule has 0 radical (unpaired) electrons. The number of fused-ring (bicyclic) bond motifs is 1. The van der Waals surface area contributed by atoms with Gasteiger partial charge < -0.3 is 9.42 Å². The first kappa shape index (κ1) is 20.4. The summed E-state index contributed by atoms with van der Waals surface area (Å²) in [4.78, 5) is 19.0. The third kappa shape index (κ3) is 4.34. The summed E-state index contributed by atoms with van der Waals surface area (Å²) < 4.78 is 32.2. The molecule has 3 heterocycles. The molecule has 29 heavy (non-hydrogen) atoms. The van der Waals surface area contributed by atoms with E-state index in [9.17, 15) is 13.2 Å². The van der Waals surface area contributed by atoms with E-state index in [0.717, 1.165) is 36.9 Å². The zero-order chi connectivity index (χ0) is 20.4. The SMILES string of the molecule is Cc1nc(CSCC(=O)N2CCCc3cc(S(=O)(=O)N4CCCC4)ccc32)no1. The quantitative estimate of drug-likeness (QED) is 0.686. The minimum atomic E-state index is -3.45. The summed E-state index contributed by atoms with van der Waals surface area (Å²) in [6.07, 6.45) is 3.42. The van der Waals surface area contributed by atoms with Crippen LogP contribution in [0.25, 0.3) is 0 Å². The second kappa shape index (κ2) is 8.45. The number of aromatic nitrogens is 2. The average Bonchev–Trinajstić information content (AvgIpc) is 3.39. The van der Waals surface area contributed by atoms with Crippen molar-refractivity contribution in [3.05, 3.63) is 35.5 Å². The topological polar surface area (TPSA) is 96.6 Å². The van der Waals surface area contributed by atoms with E-state index in [1.54, 1.807) is 34.3 Å². The van der Waals surface area contributed by atoms with Crippen LogP contribution in [0.2, 0.25) is 0 Å². The van der Waals surface area contributed by atoms with Crippen LogP contribution in [0.3, 0.4) is 0 Å². The van der Waals surface area contributed by atoms with Gasteiger partial charge >= 0.3 is 0 Å². The van der Waals surface area contributed by atoms with Crippen molar-refractivity contribution >= 4 is 33.4 Å². The van der Waals surface area contributed by atoms with Crippen molar-refractivity contribution in [3.63, 3.8) is 0 Å². The van der Waals surface area contributed by atoms with E-state index in [2.05, 4.69) is 10.1 Å². The monoisotopic (exact) mass is 436 g/mol. The lowest BCUT2D eigenvalue weighted by atomic mass is 10.0. The fraction of sp³-hybridized carbons (Fsp3) is 0.526. The van der Waals surface area contributed by atoms with Crippen LogP contribution in [0.4, 0.5) is 5.69 Å². The van der Waals surface area contributed by atoms with E-state index in [0.29, 0.717) is 47.8 Å².